The van der Waals surface area contributed by atoms with Crippen LogP contribution in [-0.4, -0.2) is 24.9 Å². The van der Waals surface area contributed by atoms with E-state index in [1.54, 1.807) is 12.1 Å². The van der Waals surface area contributed by atoms with Crippen molar-refractivity contribution in [3.8, 4) is 11.5 Å². The summed E-state index contributed by atoms with van der Waals surface area (Å²) in [5.41, 5.74) is -0.981. The summed E-state index contributed by atoms with van der Waals surface area (Å²) in [7, 11) is -5.70. The molecular weight excluding hydrogens is 841 g/mol. The van der Waals surface area contributed by atoms with Crippen molar-refractivity contribution in [3.05, 3.63) is 81.5 Å². The fraction of sp³-hybridized carbons (Fsp3) is 0. The fourth-order valence-corrected chi connectivity index (χ4v) is 7.10. The van der Waals surface area contributed by atoms with Crippen molar-refractivity contribution in [2.75, 3.05) is 0 Å². The molecule has 0 spiro atoms. The van der Waals surface area contributed by atoms with Gasteiger partial charge in [0.1, 0.15) is 0 Å². The highest BCUT2D eigenvalue weighted by Gasteiger charge is 2.34. The molecule has 184 valence electrons. The quantitative estimate of drug-likeness (QED) is 0.0873. The molecule has 0 amide bonds. The Balaban J connectivity index is 2.00. The Morgan fingerprint density at radius 3 is 1.54 bits per heavy atom. The van der Waals surface area contributed by atoms with Crippen molar-refractivity contribution < 1.29 is 49.6 Å². The molecule has 0 saturated heterocycles. The summed E-state index contributed by atoms with van der Waals surface area (Å²) >= 11 is 5.92. The summed E-state index contributed by atoms with van der Waals surface area (Å²) in [6, 6.07) is 8.21. The molecule has 3 aromatic carbocycles. The number of carbonyl (C=O) groups is 2. The highest BCUT2D eigenvalue weighted by atomic mass is 127. The van der Waals surface area contributed by atoms with Crippen LogP contribution in [0.15, 0.2) is 41.3 Å². The molecule has 15 heteroatoms. The monoisotopic (exact) mass is 848 g/mol. The van der Waals surface area contributed by atoms with Crippen molar-refractivity contribution in [3.63, 3.8) is 0 Å². The van der Waals surface area contributed by atoms with E-state index >= 15 is 0 Å². The lowest BCUT2D eigenvalue weighted by molar-refractivity contribution is 0.0681. The van der Waals surface area contributed by atoms with Gasteiger partial charge in [-0.3, -0.25) is 4.55 Å². The molecule has 0 heterocycles. The molecule has 0 aliphatic heterocycles. The molecule has 0 aliphatic carbocycles. The number of hydrogen-bond acceptors (Lipinski definition) is 6. The first kappa shape index (κ1) is 28.0. The Hall–Kier alpha value is -1.58. The average molecular weight is 848 g/mol. The normalized spacial score (nSPS) is 11.3. The van der Waals surface area contributed by atoms with E-state index in [1.807, 2.05) is 45.2 Å². The van der Waals surface area contributed by atoms with Gasteiger partial charge in [0.25, 0.3) is 0 Å². The van der Waals surface area contributed by atoms with E-state index in [1.165, 1.54) is 12.1 Å². The molecule has 3 rings (SSSR count). The van der Waals surface area contributed by atoms with E-state index in [2.05, 4.69) is 27.3 Å². The van der Waals surface area contributed by atoms with Crippen molar-refractivity contribution >= 4 is 89.8 Å². The topological polar surface area (TPSA) is 107 Å². The van der Waals surface area contributed by atoms with Crippen LogP contribution in [0.2, 0.25) is 0 Å². The Kier molecular flexibility index (Phi) is 8.65. The van der Waals surface area contributed by atoms with E-state index in [9.17, 15) is 35.6 Å². The van der Waals surface area contributed by atoms with Gasteiger partial charge in [-0.15, -0.1) is 0 Å². The number of rotatable bonds is 5. The van der Waals surface area contributed by atoms with E-state index < -0.39 is 67.1 Å². The molecule has 0 bridgehead atoms. The molecule has 3 aromatic rings. The molecule has 0 unspecified atom stereocenters. The van der Waals surface area contributed by atoms with Crippen molar-refractivity contribution in [1.29, 1.82) is 0 Å². The van der Waals surface area contributed by atoms with E-state index in [4.69, 9.17) is 9.29 Å². The van der Waals surface area contributed by atoms with E-state index in [0.29, 0.717) is 7.14 Å². The molecule has 35 heavy (non-hydrogen) atoms. The van der Waals surface area contributed by atoms with Gasteiger partial charge in [-0.2, -0.15) is 17.2 Å². The van der Waals surface area contributed by atoms with Gasteiger partial charge in [0.15, 0.2) is 22.3 Å². The van der Waals surface area contributed by atoms with Gasteiger partial charge in [0.05, 0.1) is 18.3 Å². The molecule has 0 atom stereocenters. The minimum Gasteiger partial charge on any atom is -0.421 e. The zero-order chi connectivity index (χ0) is 26.2. The lowest BCUT2D eigenvalue weighted by Crippen LogP contribution is -2.20. The molecule has 0 radical (unpaired) electrons. The van der Waals surface area contributed by atoms with Crippen LogP contribution in [0, 0.1) is 34.0 Å². The van der Waals surface area contributed by atoms with Gasteiger partial charge in [-0.25, -0.2) is 18.4 Å². The zero-order valence-corrected chi connectivity index (χ0v) is 23.7. The predicted molar refractivity (Wildman–Crippen MR) is 137 cm³/mol. The molecule has 1 N–H and O–H groups in total. The Morgan fingerprint density at radius 1 is 0.743 bits per heavy atom. The molecule has 0 aromatic heterocycles. The minimum atomic E-state index is -5.70. The van der Waals surface area contributed by atoms with Gasteiger partial charge >= 0.3 is 22.1 Å². The van der Waals surface area contributed by atoms with Gasteiger partial charge in [-0.1, -0.05) is 12.1 Å². The number of carbonyl (C=O) groups excluding carboxylic acids is 2. The lowest BCUT2D eigenvalue weighted by Gasteiger charge is -2.13. The number of halogens is 7. The molecular formula is C20H7F4I3O7S. The summed E-state index contributed by atoms with van der Waals surface area (Å²) in [6.45, 7) is 0. The Morgan fingerprint density at radius 2 is 1.14 bits per heavy atom. The summed E-state index contributed by atoms with van der Waals surface area (Å²) in [6.07, 6.45) is 0. The first-order chi connectivity index (χ1) is 16.2. The van der Waals surface area contributed by atoms with Gasteiger partial charge < -0.3 is 9.47 Å². The summed E-state index contributed by atoms with van der Waals surface area (Å²) in [4.78, 5) is 23.1. The van der Waals surface area contributed by atoms with Gasteiger partial charge in [0.2, 0.25) is 17.4 Å². The number of esters is 2. The van der Waals surface area contributed by atoms with Gasteiger partial charge in [-0.05, 0) is 92.0 Å². The van der Waals surface area contributed by atoms with Crippen molar-refractivity contribution in [2.24, 2.45) is 0 Å². The van der Waals surface area contributed by atoms with Crippen LogP contribution in [-0.2, 0) is 10.1 Å². The maximum Gasteiger partial charge on any atom is 0.344 e. The fourth-order valence-electron chi connectivity index (χ4n) is 2.67. The van der Waals surface area contributed by atoms with Crippen LogP contribution >= 0.6 is 67.8 Å². The van der Waals surface area contributed by atoms with Crippen molar-refractivity contribution in [2.45, 2.75) is 4.90 Å². The minimum absolute atomic E-state index is 0.182. The number of hydrogen-bond donors (Lipinski definition) is 1. The highest BCUT2D eigenvalue weighted by Crippen LogP contribution is 2.34. The average Bonchev–Trinajstić information content (AvgIpc) is 2.76. The third-order valence-corrected chi connectivity index (χ3v) is 7.26. The van der Waals surface area contributed by atoms with Crippen LogP contribution in [0.4, 0.5) is 17.6 Å². The third-order valence-electron chi connectivity index (χ3n) is 4.16. The molecule has 0 fully saturated rings. The Labute approximate surface area is 235 Å². The predicted octanol–water partition coefficient (Wildman–Crippen LogP) is 5.74. The maximum atomic E-state index is 14.2. The van der Waals surface area contributed by atoms with Crippen LogP contribution < -0.4 is 9.47 Å². The summed E-state index contributed by atoms with van der Waals surface area (Å²) in [5.74, 6) is -14.2. The first-order valence-electron chi connectivity index (χ1n) is 8.75. The summed E-state index contributed by atoms with van der Waals surface area (Å²) in [5, 5.41) is 0. The van der Waals surface area contributed by atoms with Crippen LogP contribution in [0.25, 0.3) is 0 Å². The van der Waals surface area contributed by atoms with Crippen LogP contribution in [0.1, 0.15) is 20.7 Å². The zero-order valence-electron chi connectivity index (χ0n) is 16.4. The largest absolute Gasteiger partial charge is 0.421 e. The standard InChI is InChI=1S/C20H7F4I3O7S/c21-12-14(23)18(35(30,31)32)15(24)13(22)17(12)34-20(29)9-4-2-1-3-8(9)19(28)33-16-10(26)5-7(25)6-11(16)27/h1-6H,(H,30,31,32). The SMILES string of the molecule is O=C(Oc1c(I)cc(I)cc1I)c1ccccc1C(=O)Oc1c(F)c(F)c(S(=O)(=O)O)c(F)c1F. The highest BCUT2D eigenvalue weighted by molar-refractivity contribution is 14.1. The smallest absolute Gasteiger partial charge is 0.344 e. The van der Waals surface area contributed by atoms with E-state index in [-0.39, 0.29) is 5.75 Å². The second-order valence-corrected chi connectivity index (χ2v) is 11.3. The first-order valence-corrected chi connectivity index (χ1v) is 13.4. The molecule has 7 nitrogen and oxygen atoms in total. The number of ether oxygens (including phenoxy) is 2. The molecule has 0 saturated carbocycles. The van der Waals surface area contributed by atoms with Crippen LogP contribution in [0.5, 0.6) is 11.5 Å². The van der Waals surface area contributed by atoms with Crippen molar-refractivity contribution in [1.82, 2.24) is 0 Å². The third kappa shape index (κ3) is 5.88. The molecule has 0 aliphatic rings. The second kappa shape index (κ2) is 10.8. The maximum absolute atomic E-state index is 14.2. The lowest BCUT2D eigenvalue weighted by atomic mass is 10.1. The summed E-state index contributed by atoms with van der Waals surface area (Å²) < 4.78 is 99.3. The Bertz CT molecular complexity index is 1440. The second-order valence-electron chi connectivity index (χ2n) is 6.41. The number of benzene rings is 3. The van der Waals surface area contributed by atoms with Gasteiger partial charge in [0, 0.05) is 3.57 Å². The van der Waals surface area contributed by atoms with E-state index in [0.717, 1.165) is 15.7 Å². The van der Waals surface area contributed by atoms with Crippen LogP contribution in [0.3, 0.4) is 0 Å².